The summed E-state index contributed by atoms with van der Waals surface area (Å²) in [5.41, 5.74) is 0. The molecule has 0 bridgehead atoms. The Labute approximate surface area is 131 Å². The van der Waals surface area contributed by atoms with E-state index in [4.69, 9.17) is 0 Å². The highest BCUT2D eigenvalue weighted by atomic mass is 32.1. The zero-order valence-electron chi connectivity index (χ0n) is 12.8. The van der Waals surface area contributed by atoms with E-state index in [9.17, 15) is 4.79 Å². The Hall–Kier alpha value is -0.910. The van der Waals surface area contributed by atoms with Gasteiger partial charge in [0.15, 0.2) is 0 Å². The normalized spacial score (nSPS) is 27.8. The number of carbonyl (C=O) groups excluding carboxylic acids is 1. The molecule has 1 aromatic rings. The number of hydrogen-bond donors (Lipinski definition) is 1. The fraction of sp³-hybridized carbons (Fsp3) is 0.688. The van der Waals surface area contributed by atoms with E-state index in [1.807, 2.05) is 11.3 Å². The first-order valence-corrected chi connectivity index (χ1v) is 8.86. The van der Waals surface area contributed by atoms with Crippen LogP contribution in [0.4, 0.5) is 0 Å². The minimum absolute atomic E-state index is 0.189. The van der Waals surface area contributed by atoms with E-state index in [0.29, 0.717) is 11.8 Å². The van der Waals surface area contributed by atoms with Crippen LogP contribution in [-0.4, -0.2) is 55.0 Å². The first-order chi connectivity index (χ1) is 10.2. The minimum atomic E-state index is 0.189. The lowest BCUT2D eigenvalue weighted by atomic mass is 9.96. The van der Waals surface area contributed by atoms with Gasteiger partial charge < -0.3 is 10.2 Å². The van der Waals surface area contributed by atoms with E-state index in [1.54, 1.807) is 0 Å². The van der Waals surface area contributed by atoms with E-state index < -0.39 is 0 Å². The van der Waals surface area contributed by atoms with Crippen LogP contribution < -0.4 is 5.32 Å². The van der Waals surface area contributed by atoms with Crippen LogP contribution in [-0.2, 0) is 11.3 Å². The van der Waals surface area contributed by atoms with Crippen molar-refractivity contribution in [1.29, 1.82) is 0 Å². The number of nitrogens with zero attached hydrogens (tertiary/aromatic N) is 2. The number of carbonyl (C=O) groups is 1. The van der Waals surface area contributed by atoms with Gasteiger partial charge in [0.25, 0.3) is 0 Å². The van der Waals surface area contributed by atoms with Crippen molar-refractivity contribution in [3.8, 4) is 0 Å². The van der Waals surface area contributed by atoms with Gasteiger partial charge in [0.05, 0.1) is 5.92 Å². The third-order valence-corrected chi connectivity index (χ3v) is 5.56. The summed E-state index contributed by atoms with van der Waals surface area (Å²) in [6.45, 7) is 8.95. The molecule has 2 saturated heterocycles. The topological polar surface area (TPSA) is 35.6 Å². The molecule has 1 aromatic heterocycles. The summed E-state index contributed by atoms with van der Waals surface area (Å²) in [6, 6.07) is 4.31. The molecule has 0 aliphatic carbocycles. The van der Waals surface area contributed by atoms with Gasteiger partial charge in [-0.1, -0.05) is 13.0 Å². The summed E-state index contributed by atoms with van der Waals surface area (Å²) in [7, 11) is 0. The second-order valence-corrected chi connectivity index (χ2v) is 7.31. The van der Waals surface area contributed by atoms with Gasteiger partial charge in [0.2, 0.25) is 5.91 Å². The summed E-state index contributed by atoms with van der Waals surface area (Å²) < 4.78 is 0. The smallest absolute Gasteiger partial charge is 0.227 e. The molecule has 2 atom stereocenters. The zero-order chi connectivity index (χ0) is 14.7. The molecule has 116 valence electrons. The summed E-state index contributed by atoms with van der Waals surface area (Å²) >= 11 is 1.82. The van der Waals surface area contributed by atoms with Gasteiger partial charge >= 0.3 is 0 Å². The third kappa shape index (κ3) is 3.65. The molecule has 2 aliphatic heterocycles. The quantitative estimate of drug-likeness (QED) is 0.922. The lowest BCUT2D eigenvalue weighted by Crippen LogP contribution is -2.41. The minimum Gasteiger partial charge on any atom is -0.341 e. The highest BCUT2D eigenvalue weighted by molar-refractivity contribution is 7.09. The molecule has 21 heavy (non-hydrogen) atoms. The Morgan fingerprint density at radius 3 is 2.95 bits per heavy atom. The van der Waals surface area contributed by atoms with Crippen LogP contribution in [0.5, 0.6) is 0 Å². The molecular formula is C16H25N3OS. The molecule has 1 N–H and O–H groups in total. The number of amides is 1. The Morgan fingerprint density at radius 1 is 1.33 bits per heavy atom. The highest BCUT2D eigenvalue weighted by Gasteiger charge is 2.33. The van der Waals surface area contributed by atoms with Gasteiger partial charge in [0, 0.05) is 44.1 Å². The molecule has 2 aliphatic rings. The molecule has 2 fully saturated rings. The summed E-state index contributed by atoms with van der Waals surface area (Å²) in [5, 5.41) is 5.48. The summed E-state index contributed by atoms with van der Waals surface area (Å²) in [4.78, 5) is 18.7. The molecular weight excluding hydrogens is 282 g/mol. The second kappa shape index (κ2) is 6.90. The monoisotopic (exact) mass is 307 g/mol. The Morgan fingerprint density at radius 2 is 2.24 bits per heavy atom. The maximum atomic E-state index is 12.7. The standard InChI is InChI=1S/C16H25N3OS/c1-13-10-17-11-15(13)16(20)19-6-3-5-18(7-8-19)12-14-4-2-9-21-14/h2,4,9,13,15,17H,3,5-8,10-12H2,1H3/t13-,15-/m1/s1. The van der Waals surface area contributed by atoms with Gasteiger partial charge in [-0.2, -0.15) is 0 Å². The number of hydrogen-bond acceptors (Lipinski definition) is 4. The number of rotatable bonds is 3. The van der Waals surface area contributed by atoms with Crippen LogP contribution in [0.1, 0.15) is 18.2 Å². The fourth-order valence-corrected chi connectivity index (χ4v) is 4.09. The number of nitrogens with one attached hydrogen (secondary N) is 1. The SMILES string of the molecule is C[C@@H]1CNC[C@H]1C(=O)N1CCCN(Cc2cccs2)CC1. The molecule has 0 radical (unpaired) electrons. The van der Waals surface area contributed by atoms with E-state index in [0.717, 1.165) is 52.2 Å². The summed E-state index contributed by atoms with van der Waals surface area (Å²) in [6.07, 6.45) is 1.09. The van der Waals surface area contributed by atoms with Crippen LogP contribution in [0.25, 0.3) is 0 Å². The van der Waals surface area contributed by atoms with Gasteiger partial charge in [0.1, 0.15) is 0 Å². The Balaban J connectivity index is 1.54. The van der Waals surface area contributed by atoms with Crippen molar-refractivity contribution >= 4 is 17.2 Å². The molecule has 0 spiro atoms. The molecule has 0 aromatic carbocycles. The Kier molecular flexibility index (Phi) is 4.93. The van der Waals surface area contributed by atoms with Gasteiger partial charge in [-0.25, -0.2) is 0 Å². The number of thiophene rings is 1. The van der Waals surface area contributed by atoms with E-state index in [1.165, 1.54) is 4.88 Å². The lowest BCUT2D eigenvalue weighted by Gasteiger charge is -2.25. The van der Waals surface area contributed by atoms with Crippen LogP contribution in [0.3, 0.4) is 0 Å². The third-order valence-electron chi connectivity index (χ3n) is 4.69. The molecule has 0 saturated carbocycles. The van der Waals surface area contributed by atoms with Gasteiger partial charge in [-0.05, 0) is 30.3 Å². The van der Waals surface area contributed by atoms with Crippen molar-refractivity contribution in [3.63, 3.8) is 0 Å². The van der Waals surface area contributed by atoms with Crippen molar-refractivity contribution in [3.05, 3.63) is 22.4 Å². The Bertz CT molecular complexity index is 462. The van der Waals surface area contributed by atoms with Crippen LogP contribution in [0.15, 0.2) is 17.5 Å². The first kappa shape index (κ1) is 15.0. The first-order valence-electron chi connectivity index (χ1n) is 7.98. The van der Waals surface area contributed by atoms with Crippen molar-refractivity contribution in [2.45, 2.75) is 19.9 Å². The summed E-state index contributed by atoms with van der Waals surface area (Å²) in [5.74, 6) is 1.03. The van der Waals surface area contributed by atoms with Crippen molar-refractivity contribution < 1.29 is 4.79 Å². The molecule has 0 unspecified atom stereocenters. The van der Waals surface area contributed by atoms with Gasteiger partial charge in [-0.3, -0.25) is 9.69 Å². The van der Waals surface area contributed by atoms with Crippen LogP contribution in [0.2, 0.25) is 0 Å². The molecule has 4 nitrogen and oxygen atoms in total. The largest absolute Gasteiger partial charge is 0.341 e. The average molecular weight is 307 g/mol. The van der Waals surface area contributed by atoms with E-state index in [-0.39, 0.29) is 5.92 Å². The van der Waals surface area contributed by atoms with Gasteiger partial charge in [-0.15, -0.1) is 11.3 Å². The van der Waals surface area contributed by atoms with Crippen molar-refractivity contribution in [2.75, 3.05) is 39.3 Å². The lowest BCUT2D eigenvalue weighted by molar-refractivity contribution is -0.135. The van der Waals surface area contributed by atoms with Crippen LogP contribution >= 0.6 is 11.3 Å². The molecule has 5 heteroatoms. The molecule has 1 amide bonds. The predicted octanol–water partition coefficient (Wildman–Crippen LogP) is 1.64. The average Bonchev–Trinajstić information content (AvgIpc) is 3.07. The fourth-order valence-electron chi connectivity index (χ4n) is 3.35. The maximum absolute atomic E-state index is 12.7. The molecule has 3 rings (SSSR count). The van der Waals surface area contributed by atoms with Crippen molar-refractivity contribution in [1.82, 2.24) is 15.1 Å². The predicted molar refractivity (Wildman–Crippen MR) is 86.3 cm³/mol. The van der Waals surface area contributed by atoms with Crippen molar-refractivity contribution in [2.24, 2.45) is 11.8 Å². The zero-order valence-corrected chi connectivity index (χ0v) is 13.6. The second-order valence-electron chi connectivity index (χ2n) is 6.28. The van der Waals surface area contributed by atoms with E-state index >= 15 is 0 Å². The van der Waals surface area contributed by atoms with E-state index in [2.05, 4.69) is 39.6 Å². The maximum Gasteiger partial charge on any atom is 0.227 e. The highest BCUT2D eigenvalue weighted by Crippen LogP contribution is 2.20. The van der Waals surface area contributed by atoms with Crippen LogP contribution in [0, 0.1) is 11.8 Å². The molecule has 3 heterocycles.